The van der Waals surface area contributed by atoms with E-state index in [1.54, 1.807) is 13.3 Å². The highest BCUT2D eigenvalue weighted by Crippen LogP contribution is 2.27. The molecule has 0 aliphatic heterocycles. The number of benzene rings is 1. The van der Waals surface area contributed by atoms with Crippen LogP contribution in [0.1, 0.15) is 28.3 Å². The molecule has 3 aromatic heterocycles. The lowest BCUT2D eigenvalue weighted by Crippen LogP contribution is -1.98. The summed E-state index contributed by atoms with van der Waals surface area (Å²) in [6.07, 6.45) is 11.5. The molecule has 0 unspecified atom stereocenters. The van der Waals surface area contributed by atoms with Crippen LogP contribution in [0, 0.1) is 0 Å². The number of rotatable bonds is 8. The van der Waals surface area contributed by atoms with Crippen molar-refractivity contribution in [2.45, 2.75) is 6.61 Å². The van der Waals surface area contributed by atoms with Gasteiger partial charge < -0.3 is 14.5 Å². The normalized spacial score (nSPS) is 11.4. The number of H-pyrrole nitrogens is 2. The smallest absolute Gasteiger partial charge is 0.130 e. The first-order valence-electron chi connectivity index (χ1n) is 9.56. The van der Waals surface area contributed by atoms with Gasteiger partial charge in [0.2, 0.25) is 0 Å². The molecule has 0 aliphatic carbocycles. The molecular formula is C24H22N4O2. The molecule has 0 radical (unpaired) electrons. The second-order valence-electron chi connectivity index (χ2n) is 6.55. The second kappa shape index (κ2) is 9.43. The van der Waals surface area contributed by atoms with Gasteiger partial charge in [0.1, 0.15) is 18.1 Å². The van der Waals surface area contributed by atoms with Gasteiger partial charge in [0, 0.05) is 29.7 Å². The van der Waals surface area contributed by atoms with Gasteiger partial charge in [-0.1, -0.05) is 6.07 Å². The average molecular weight is 398 g/mol. The van der Waals surface area contributed by atoms with Gasteiger partial charge in [-0.05, 0) is 66.8 Å². The molecule has 0 saturated heterocycles. The Bertz CT molecular complexity index is 1130. The molecule has 150 valence electrons. The lowest BCUT2D eigenvalue weighted by atomic mass is 10.1. The largest absolute Gasteiger partial charge is 0.496 e. The Morgan fingerprint density at radius 3 is 2.67 bits per heavy atom. The van der Waals surface area contributed by atoms with Crippen molar-refractivity contribution < 1.29 is 9.47 Å². The Labute approximate surface area is 174 Å². The summed E-state index contributed by atoms with van der Waals surface area (Å²) in [7, 11) is 1.65. The van der Waals surface area contributed by atoms with Crippen LogP contribution >= 0.6 is 0 Å². The van der Waals surface area contributed by atoms with Crippen LogP contribution in [-0.2, 0) is 6.61 Å². The number of ether oxygens (including phenoxy) is 2. The molecule has 30 heavy (non-hydrogen) atoms. The number of nitrogens with one attached hydrogen (secondary N) is 2. The van der Waals surface area contributed by atoms with Gasteiger partial charge in [0.05, 0.1) is 24.2 Å². The number of nitrogens with zero attached hydrogens (tertiary/aromatic N) is 2. The van der Waals surface area contributed by atoms with Gasteiger partial charge in [-0.3, -0.25) is 10.1 Å². The van der Waals surface area contributed by atoms with Crippen LogP contribution in [-0.4, -0.2) is 27.3 Å². The summed E-state index contributed by atoms with van der Waals surface area (Å²) in [5.74, 6) is 1.46. The molecule has 0 bridgehead atoms. The van der Waals surface area contributed by atoms with Gasteiger partial charge in [0.15, 0.2) is 0 Å². The van der Waals surface area contributed by atoms with Crippen LogP contribution in [0.2, 0.25) is 0 Å². The Kier molecular flexibility index (Phi) is 6.05. The molecule has 6 nitrogen and oxygen atoms in total. The van der Waals surface area contributed by atoms with Gasteiger partial charge >= 0.3 is 0 Å². The fourth-order valence-electron chi connectivity index (χ4n) is 2.89. The van der Waals surface area contributed by atoms with Crippen molar-refractivity contribution in [3.63, 3.8) is 0 Å². The maximum absolute atomic E-state index is 5.82. The fraction of sp³-hybridized carbons (Fsp3) is 0.0833. The van der Waals surface area contributed by atoms with Crippen molar-refractivity contribution >= 4 is 24.3 Å². The van der Waals surface area contributed by atoms with Gasteiger partial charge in [0.25, 0.3) is 0 Å². The van der Waals surface area contributed by atoms with Gasteiger partial charge in [-0.15, -0.1) is 0 Å². The number of aromatic amines is 2. The highest BCUT2D eigenvalue weighted by atomic mass is 16.5. The third-order valence-electron chi connectivity index (χ3n) is 4.43. The Morgan fingerprint density at radius 1 is 0.933 bits per heavy atom. The van der Waals surface area contributed by atoms with E-state index in [4.69, 9.17) is 9.47 Å². The quantitative estimate of drug-likeness (QED) is 0.435. The molecule has 0 spiro atoms. The van der Waals surface area contributed by atoms with Gasteiger partial charge in [-0.25, -0.2) is 0 Å². The van der Waals surface area contributed by atoms with Crippen molar-refractivity contribution in [1.82, 2.24) is 20.2 Å². The maximum atomic E-state index is 5.82. The number of hydrogen-bond donors (Lipinski definition) is 2. The van der Waals surface area contributed by atoms with E-state index in [1.807, 2.05) is 85.1 Å². The van der Waals surface area contributed by atoms with Crippen molar-refractivity contribution in [3.8, 4) is 11.5 Å². The zero-order valence-corrected chi connectivity index (χ0v) is 16.6. The second-order valence-corrected chi connectivity index (χ2v) is 6.55. The molecule has 0 amide bonds. The molecule has 4 rings (SSSR count). The third-order valence-corrected chi connectivity index (χ3v) is 4.43. The monoisotopic (exact) mass is 398 g/mol. The summed E-state index contributed by atoms with van der Waals surface area (Å²) in [6.45, 7) is 0.408. The van der Waals surface area contributed by atoms with Gasteiger partial charge in [-0.2, -0.15) is 5.10 Å². The molecule has 6 heteroatoms. The number of methoxy groups -OCH3 is 1. The fourth-order valence-corrected chi connectivity index (χ4v) is 2.89. The zero-order chi connectivity index (χ0) is 20.6. The molecule has 3 heterocycles. The van der Waals surface area contributed by atoms with E-state index < -0.39 is 0 Å². The first-order valence-corrected chi connectivity index (χ1v) is 9.56. The Balaban J connectivity index is 1.41. The first kappa shape index (κ1) is 19.3. The van der Waals surface area contributed by atoms with Crippen LogP contribution < -0.4 is 9.47 Å². The van der Waals surface area contributed by atoms with Crippen LogP contribution in [0.3, 0.4) is 0 Å². The van der Waals surface area contributed by atoms with Crippen LogP contribution in [0.5, 0.6) is 11.5 Å². The molecule has 0 atom stereocenters. The van der Waals surface area contributed by atoms with Crippen molar-refractivity contribution in [2.75, 3.05) is 7.11 Å². The van der Waals surface area contributed by atoms with E-state index >= 15 is 0 Å². The van der Waals surface area contributed by atoms with E-state index in [9.17, 15) is 0 Å². The predicted octanol–water partition coefficient (Wildman–Crippen LogP) is 5.06. The Morgan fingerprint density at radius 2 is 1.87 bits per heavy atom. The number of hydrogen-bond acceptors (Lipinski definition) is 4. The summed E-state index contributed by atoms with van der Waals surface area (Å²) < 4.78 is 11.3. The average Bonchev–Trinajstić information content (AvgIpc) is 3.48. The van der Waals surface area contributed by atoms with Crippen molar-refractivity contribution in [1.29, 1.82) is 0 Å². The zero-order valence-electron chi connectivity index (χ0n) is 16.6. The summed E-state index contributed by atoms with van der Waals surface area (Å²) in [6, 6.07) is 17.4. The molecule has 0 fully saturated rings. The Hall–Kier alpha value is -4.06. The van der Waals surface area contributed by atoms with E-state index in [2.05, 4.69) is 20.2 Å². The standard InChI is InChI=1S/C24H22N4O2/c1-29-24-16-23(30-17-22-5-2-3-13-26-22)12-8-18(24)7-9-20-15-21(28-27-20)11-10-19-6-4-14-25-19/h2-16,25H,17H2,1H3,(H,27,28)/b9-7?,11-10+. The summed E-state index contributed by atoms with van der Waals surface area (Å²) in [5, 5.41) is 7.34. The molecule has 1 aromatic carbocycles. The van der Waals surface area contributed by atoms with Crippen molar-refractivity contribution in [2.24, 2.45) is 0 Å². The highest BCUT2D eigenvalue weighted by molar-refractivity contribution is 5.73. The highest BCUT2D eigenvalue weighted by Gasteiger charge is 2.04. The van der Waals surface area contributed by atoms with Crippen molar-refractivity contribution in [3.05, 3.63) is 95.3 Å². The molecule has 0 saturated carbocycles. The van der Waals surface area contributed by atoms with Crippen LogP contribution in [0.15, 0.2) is 67.0 Å². The summed E-state index contributed by atoms with van der Waals surface area (Å²) >= 11 is 0. The summed E-state index contributed by atoms with van der Waals surface area (Å²) in [4.78, 5) is 7.40. The van der Waals surface area contributed by atoms with Crippen LogP contribution in [0.25, 0.3) is 24.3 Å². The lowest BCUT2D eigenvalue weighted by molar-refractivity contribution is 0.299. The summed E-state index contributed by atoms with van der Waals surface area (Å²) in [5.41, 5.74) is 4.61. The minimum absolute atomic E-state index is 0.408. The van der Waals surface area contributed by atoms with E-state index in [1.165, 1.54) is 0 Å². The minimum atomic E-state index is 0.408. The topological polar surface area (TPSA) is 75.8 Å². The molecular weight excluding hydrogens is 376 g/mol. The molecule has 0 aliphatic rings. The SMILES string of the molecule is COc1cc(OCc2ccccn2)ccc1C=Cc1cc(/C=C/c2ccc[nH]2)[nH]n1. The predicted molar refractivity (Wildman–Crippen MR) is 119 cm³/mol. The first-order chi connectivity index (χ1) is 14.8. The van der Waals surface area contributed by atoms with E-state index in [-0.39, 0.29) is 0 Å². The molecule has 4 aromatic rings. The maximum Gasteiger partial charge on any atom is 0.130 e. The van der Waals surface area contributed by atoms with Crippen LogP contribution in [0.4, 0.5) is 0 Å². The van der Waals surface area contributed by atoms with E-state index in [0.29, 0.717) is 6.61 Å². The lowest BCUT2D eigenvalue weighted by Gasteiger charge is -2.09. The minimum Gasteiger partial charge on any atom is -0.496 e. The molecule has 2 N–H and O–H groups in total. The van der Waals surface area contributed by atoms with E-state index in [0.717, 1.165) is 39.8 Å². The third kappa shape index (κ3) is 5.05. The number of pyridine rings is 1. The number of aromatic nitrogens is 4.